The molecule has 8 nitrogen and oxygen atoms in total. The molecule has 0 aromatic carbocycles. The number of ether oxygens (including phenoxy) is 2. The van der Waals surface area contributed by atoms with Gasteiger partial charge in [-0.1, -0.05) is 0 Å². The van der Waals surface area contributed by atoms with Crippen molar-refractivity contribution < 1.29 is 19.1 Å². The summed E-state index contributed by atoms with van der Waals surface area (Å²) in [6, 6.07) is 0. The first-order valence-electron chi connectivity index (χ1n) is 7.95. The number of halogens is 1. The zero-order valence-corrected chi connectivity index (χ0v) is 15.9. The Balaban J connectivity index is 0.00000312. The lowest BCUT2D eigenvalue weighted by molar-refractivity contribution is -0.143. The van der Waals surface area contributed by atoms with Gasteiger partial charge in [0.2, 0.25) is 5.91 Å². The van der Waals surface area contributed by atoms with E-state index in [9.17, 15) is 9.59 Å². The molecule has 0 spiro atoms. The quantitative estimate of drug-likeness (QED) is 0.663. The summed E-state index contributed by atoms with van der Waals surface area (Å²) in [7, 11) is 4.72. The fourth-order valence-corrected chi connectivity index (χ4v) is 3.17. The Labute approximate surface area is 154 Å². The van der Waals surface area contributed by atoms with Gasteiger partial charge in [0.1, 0.15) is 0 Å². The van der Waals surface area contributed by atoms with Crippen LogP contribution in [0.25, 0.3) is 0 Å². The zero-order valence-electron chi connectivity index (χ0n) is 15.1. The molecule has 3 atom stereocenters. The highest BCUT2D eigenvalue weighted by molar-refractivity contribution is 5.85. The highest BCUT2D eigenvalue weighted by Crippen LogP contribution is 2.28. The van der Waals surface area contributed by atoms with E-state index in [1.807, 2.05) is 13.2 Å². The lowest BCUT2D eigenvalue weighted by atomic mass is 9.88. The van der Waals surface area contributed by atoms with Gasteiger partial charge in [0, 0.05) is 39.4 Å². The number of hydrogen-bond donors (Lipinski definition) is 2. The van der Waals surface area contributed by atoms with Gasteiger partial charge in [0.15, 0.2) is 0 Å². The number of methoxy groups -OCH3 is 2. The molecular weight excluding hydrogens is 348 g/mol. The third kappa shape index (κ3) is 5.42. The van der Waals surface area contributed by atoms with Gasteiger partial charge < -0.3 is 20.1 Å². The SMILES string of the molecule is COCC(C)(CC(=O)OC)NC(=O)[C@H]1CNC[C@@H]1c1cnn(C)c1.Cl. The number of nitrogens with one attached hydrogen (secondary N) is 2. The van der Waals surface area contributed by atoms with Gasteiger partial charge in [0.25, 0.3) is 0 Å². The minimum Gasteiger partial charge on any atom is -0.469 e. The summed E-state index contributed by atoms with van der Waals surface area (Å²) in [5, 5.41) is 10.4. The van der Waals surface area contributed by atoms with Crippen molar-refractivity contribution in [1.29, 1.82) is 0 Å². The summed E-state index contributed by atoms with van der Waals surface area (Å²) in [5.74, 6) is -0.646. The van der Waals surface area contributed by atoms with Crippen LogP contribution >= 0.6 is 12.4 Å². The number of nitrogens with zero attached hydrogens (tertiary/aromatic N) is 2. The first-order valence-corrected chi connectivity index (χ1v) is 7.95. The van der Waals surface area contributed by atoms with Crippen LogP contribution in [0.5, 0.6) is 0 Å². The fourth-order valence-electron chi connectivity index (χ4n) is 3.17. The summed E-state index contributed by atoms with van der Waals surface area (Å²) in [6.45, 7) is 3.33. The molecule has 0 bridgehead atoms. The minimum atomic E-state index is -0.805. The Morgan fingerprint density at radius 3 is 2.72 bits per heavy atom. The highest BCUT2D eigenvalue weighted by atomic mass is 35.5. The Bertz CT molecular complexity index is 594. The molecule has 9 heteroatoms. The lowest BCUT2D eigenvalue weighted by Crippen LogP contribution is -2.53. The van der Waals surface area contributed by atoms with E-state index < -0.39 is 5.54 Å². The van der Waals surface area contributed by atoms with Crippen molar-refractivity contribution in [2.45, 2.75) is 24.8 Å². The Kier molecular flexibility index (Phi) is 7.85. The number of aromatic nitrogens is 2. The fraction of sp³-hybridized carbons (Fsp3) is 0.688. The van der Waals surface area contributed by atoms with Gasteiger partial charge in [-0.2, -0.15) is 5.10 Å². The minimum absolute atomic E-state index is 0. The van der Waals surface area contributed by atoms with Crippen LogP contribution in [-0.4, -0.2) is 61.1 Å². The van der Waals surface area contributed by atoms with Gasteiger partial charge in [-0.15, -0.1) is 12.4 Å². The van der Waals surface area contributed by atoms with Crippen molar-refractivity contribution in [1.82, 2.24) is 20.4 Å². The maximum Gasteiger partial charge on any atom is 0.307 e. The molecule has 0 aliphatic carbocycles. The number of amides is 1. The Morgan fingerprint density at radius 1 is 1.44 bits per heavy atom. The van der Waals surface area contributed by atoms with Crippen LogP contribution in [0.4, 0.5) is 0 Å². The molecule has 1 fully saturated rings. The summed E-state index contributed by atoms with van der Waals surface area (Å²) in [4.78, 5) is 24.5. The van der Waals surface area contributed by atoms with Gasteiger partial charge in [-0.05, 0) is 12.5 Å². The maximum atomic E-state index is 12.8. The Morgan fingerprint density at radius 2 is 2.16 bits per heavy atom. The molecule has 0 saturated carbocycles. The van der Waals surface area contributed by atoms with Crippen LogP contribution in [0, 0.1) is 5.92 Å². The van der Waals surface area contributed by atoms with E-state index in [1.165, 1.54) is 14.2 Å². The summed E-state index contributed by atoms with van der Waals surface area (Å²) in [6.07, 6.45) is 3.78. The third-order valence-corrected chi connectivity index (χ3v) is 4.35. The zero-order chi connectivity index (χ0) is 17.7. The molecule has 0 radical (unpaired) electrons. The molecule has 142 valence electrons. The second-order valence-electron chi connectivity index (χ2n) is 6.55. The molecule has 2 heterocycles. The van der Waals surface area contributed by atoms with E-state index in [0.29, 0.717) is 6.54 Å². The van der Waals surface area contributed by atoms with Crippen LogP contribution in [0.1, 0.15) is 24.8 Å². The van der Waals surface area contributed by atoms with E-state index >= 15 is 0 Å². The van der Waals surface area contributed by atoms with Crippen molar-refractivity contribution in [3.8, 4) is 0 Å². The van der Waals surface area contributed by atoms with Crippen molar-refractivity contribution >= 4 is 24.3 Å². The summed E-state index contributed by atoms with van der Waals surface area (Å²) >= 11 is 0. The average Bonchev–Trinajstić information content (AvgIpc) is 3.15. The number of rotatable bonds is 7. The van der Waals surface area contributed by atoms with Gasteiger partial charge in [-0.25, -0.2) is 0 Å². The van der Waals surface area contributed by atoms with Crippen LogP contribution in [0.3, 0.4) is 0 Å². The molecule has 1 unspecified atom stereocenters. The number of carbonyl (C=O) groups excluding carboxylic acids is 2. The highest BCUT2D eigenvalue weighted by Gasteiger charge is 2.38. The second kappa shape index (κ2) is 9.17. The van der Waals surface area contributed by atoms with Gasteiger partial charge >= 0.3 is 5.97 Å². The van der Waals surface area contributed by atoms with Crippen molar-refractivity contribution in [3.63, 3.8) is 0 Å². The van der Waals surface area contributed by atoms with E-state index in [1.54, 1.807) is 17.8 Å². The van der Waals surface area contributed by atoms with E-state index in [2.05, 4.69) is 15.7 Å². The number of hydrogen-bond acceptors (Lipinski definition) is 6. The number of esters is 1. The summed E-state index contributed by atoms with van der Waals surface area (Å²) in [5.41, 5.74) is 0.227. The van der Waals surface area contributed by atoms with Gasteiger partial charge in [-0.3, -0.25) is 14.3 Å². The van der Waals surface area contributed by atoms with Crippen LogP contribution < -0.4 is 10.6 Å². The normalized spacial score (nSPS) is 21.9. The van der Waals surface area contributed by atoms with E-state index in [4.69, 9.17) is 9.47 Å². The van der Waals surface area contributed by atoms with Crippen molar-refractivity contribution in [2.24, 2.45) is 13.0 Å². The van der Waals surface area contributed by atoms with Crippen LogP contribution in [-0.2, 0) is 26.1 Å². The molecule has 25 heavy (non-hydrogen) atoms. The van der Waals surface area contributed by atoms with Crippen LogP contribution in [0.15, 0.2) is 12.4 Å². The molecule has 1 aliphatic rings. The monoisotopic (exact) mass is 374 g/mol. The molecule has 1 saturated heterocycles. The average molecular weight is 375 g/mol. The van der Waals surface area contributed by atoms with Crippen molar-refractivity contribution in [2.75, 3.05) is 33.9 Å². The maximum absolute atomic E-state index is 12.8. The first-order chi connectivity index (χ1) is 11.4. The standard InChI is InChI=1S/C16H26N4O4.ClH/c1-16(10-23-3,5-14(21)24-4)19-15(22)13-8-17-7-12(13)11-6-18-20(2)9-11;/h6,9,12-13,17H,5,7-8,10H2,1-4H3,(H,19,22);1H/t12-,13+,16?;/m1./s1. The molecule has 1 aromatic rings. The van der Waals surface area contributed by atoms with Crippen molar-refractivity contribution in [3.05, 3.63) is 18.0 Å². The molecule has 1 amide bonds. The molecule has 1 aliphatic heterocycles. The molecular formula is C16H27ClN4O4. The number of aryl methyl sites for hydroxylation is 1. The van der Waals surface area contributed by atoms with Gasteiger partial charge in [0.05, 0.1) is 37.8 Å². The van der Waals surface area contributed by atoms with E-state index in [-0.39, 0.29) is 49.1 Å². The van der Waals surface area contributed by atoms with E-state index in [0.717, 1.165) is 12.1 Å². The van der Waals surface area contributed by atoms with Crippen LogP contribution in [0.2, 0.25) is 0 Å². The summed E-state index contributed by atoms with van der Waals surface area (Å²) < 4.78 is 11.6. The molecule has 1 aromatic heterocycles. The predicted molar refractivity (Wildman–Crippen MR) is 94.6 cm³/mol. The molecule has 2 rings (SSSR count). The topological polar surface area (TPSA) is 94.5 Å². The Hall–Kier alpha value is -1.64. The molecule has 2 N–H and O–H groups in total. The smallest absolute Gasteiger partial charge is 0.307 e. The largest absolute Gasteiger partial charge is 0.469 e. The predicted octanol–water partition coefficient (Wildman–Crippen LogP) is 0.229. The lowest BCUT2D eigenvalue weighted by Gasteiger charge is -2.31. The third-order valence-electron chi connectivity index (χ3n) is 4.35. The second-order valence-corrected chi connectivity index (χ2v) is 6.55. The first kappa shape index (κ1) is 21.4. The number of carbonyl (C=O) groups is 2.